The summed E-state index contributed by atoms with van der Waals surface area (Å²) in [6, 6.07) is 18.1. The number of piperidine rings is 1. The number of pyridine rings is 1. The minimum atomic E-state index is -4.40. The molecule has 1 fully saturated rings. The van der Waals surface area contributed by atoms with Gasteiger partial charge in [-0.2, -0.15) is 13.2 Å². The van der Waals surface area contributed by atoms with Crippen LogP contribution in [0.3, 0.4) is 0 Å². The Hall–Kier alpha value is -5.10. The topological polar surface area (TPSA) is 161 Å². The number of benzene rings is 3. The lowest BCUT2D eigenvalue weighted by Crippen LogP contribution is -2.47. The zero-order valence-electron chi connectivity index (χ0n) is 31.3. The zero-order valence-corrected chi connectivity index (χ0v) is 32.1. The second-order valence-corrected chi connectivity index (χ2v) is 15.1. The van der Waals surface area contributed by atoms with E-state index >= 15 is 0 Å². The number of fused-ring (bicyclic) bond motifs is 1. The molecule has 1 aliphatic carbocycles. The number of thioether (sulfide) groups is 1. The van der Waals surface area contributed by atoms with Crippen LogP contribution in [0.25, 0.3) is 11.1 Å². The van der Waals surface area contributed by atoms with Crippen LogP contribution in [-0.4, -0.2) is 91.0 Å². The van der Waals surface area contributed by atoms with Gasteiger partial charge in [0, 0.05) is 41.2 Å². The monoisotopic (exact) mass is 831 g/mol. The third-order valence-corrected chi connectivity index (χ3v) is 11.2. The number of hydrogen-bond donors (Lipinski definition) is 4. The molecule has 0 saturated carbocycles. The SMILES string of the molecule is CN1CCC(N(Cc2ccc(-c3ccc(C(F)(F)F)cc3)cc2)C(=O)Cn2c(SCc3cccc(F)c3F)cc(=O)c3c2CCC3)CC1.O=C(O)C(O)C(O)C(=O)O. The number of aliphatic carboxylic acids is 2. The number of amides is 1. The molecule has 0 bridgehead atoms. The first kappa shape index (κ1) is 44.0. The summed E-state index contributed by atoms with van der Waals surface area (Å²) in [6.45, 7) is 2.04. The number of likely N-dealkylation sites (tertiary alicyclic amines) is 1. The second-order valence-electron chi connectivity index (χ2n) is 14.1. The van der Waals surface area contributed by atoms with Crippen LogP contribution < -0.4 is 5.43 Å². The number of nitrogens with zero attached hydrogens (tertiary/aromatic N) is 3. The molecule has 2 unspecified atom stereocenters. The molecule has 1 saturated heterocycles. The molecule has 1 amide bonds. The number of carboxylic acid groups (broad SMARTS) is 2. The van der Waals surface area contributed by atoms with Gasteiger partial charge in [0.15, 0.2) is 29.3 Å². The number of carbonyl (C=O) groups is 3. The number of hydrogen-bond acceptors (Lipinski definition) is 8. The predicted molar refractivity (Wildman–Crippen MR) is 204 cm³/mol. The highest BCUT2D eigenvalue weighted by Gasteiger charge is 2.32. The van der Waals surface area contributed by atoms with Crippen LogP contribution in [0.1, 0.15) is 47.2 Å². The van der Waals surface area contributed by atoms with E-state index in [9.17, 15) is 41.1 Å². The molecule has 0 radical (unpaired) electrons. The number of aliphatic hydroxyl groups excluding tert-OH is 2. The smallest absolute Gasteiger partial charge is 0.416 e. The molecule has 2 aliphatic rings. The first-order valence-electron chi connectivity index (χ1n) is 18.3. The van der Waals surface area contributed by atoms with E-state index in [-0.39, 0.29) is 35.2 Å². The van der Waals surface area contributed by atoms with Crippen molar-refractivity contribution >= 4 is 29.6 Å². The molecule has 2 heterocycles. The standard InChI is InChI=1S/C37H36F5N3O2S.C4H6O6/c1-43-18-16-29(17-19-43)44(21-24-8-10-25(11-9-24)26-12-14-28(15-13-26)37(40,41)42)34(47)22-45-32-7-3-5-30(32)33(46)20-35(45)48-23-27-4-2-6-31(38)36(27)39;5-1(3(7)8)2(6)4(9)10/h2,4,6,8-15,20,29H,3,5,7,16-19,21-23H2,1H3;1-2,5-6H,(H,7,8)(H,9,10). The van der Waals surface area contributed by atoms with E-state index in [0.29, 0.717) is 35.5 Å². The predicted octanol–water partition coefficient (Wildman–Crippen LogP) is 5.59. The number of aromatic nitrogens is 1. The van der Waals surface area contributed by atoms with Gasteiger partial charge in [-0.05, 0) is 87.1 Å². The van der Waals surface area contributed by atoms with Crippen molar-refractivity contribution in [3.63, 3.8) is 0 Å². The fourth-order valence-electron chi connectivity index (χ4n) is 6.88. The average molecular weight is 832 g/mol. The summed E-state index contributed by atoms with van der Waals surface area (Å²) in [4.78, 5) is 51.0. The Morgan fingerprint density at radius 1 is 0.879 bits per heavy atom. The van der Waals surface area contributed by atoms with Crippen molar-refractivity contribution in [3.8, 4) is 11.1 Å². The van der Waals surface area contributed by atoms with Gasteiger partial charge in [0.1, 0.15) is 6.54 Å². The molecule has 3 aromatic carbocycles. The van der Waals surface area contributed by atoms with Crippen LogP contribution >= 0.6 is 11.8 Å². The lowest BCUT2D eigenvalue weighted by Gasteiger charge is -2.38. The molecule has 4 aromatic rings. The van der Waals surface area contributed by atoms with Gasteiger partial charge in [-0.3, -0.25) is 9.59 Å². The normalized spacial score (nSPS) is 15.5. The minimum absolute atomic E-state index is 0.00628. The van der Waals surface area contributed by atoms with Gasteiger partial charge >= 0.3 is 18.1 Å². The lowest BCUT2D eigenvalue weighted by atomic mass is 10.0. The zero-order chi connectivity index (χ0) is 42.3. The Bertz CT molecular complexity index is 2140. The summed E-state index contributed by atoms with van der Waals surface area (Å²) in [5.74, 6) is -5.40. The fourth-order valence-corrected chi connectivity index (χ4v) is 7.93. The molecule has 1 aliphatic heterocycles. The van der Waals surface area contributed by atoms with Crippen LogP contribution in [0.2, 0.25) is 0 Å². The van der Waals surface area contributed by atoms with Crippen molar-refractivity contribution in [1.82, 2.24) is 14.4 Å². The summed E-state index contributed by atoms with van der Waals surface area (Å²) in [5, 5.41) is 33.1. The van der Waals surface area contributed by atoms with Crippen LogP contribution in [0.4, 0.5) is 22.0 Å². The average Bonchev–Trinajstić information content (AvgIpc) is 3.70. The number of rotatable bonds is 12. The number of alkyl halides is 3. The van der Waals surface area contributed by atoms with E-state index in [2.05, 4.69) is 11.9 Å². The molecule has 17 heteroatoms. The van der Waals surface area contributed by atoms with Gasteiger partial charge in [-0.25, -0.2) is 18.4 Å². The van der Waals surface area contributed by atoms with Gasteiger partial charge in [-0.15, -0.1) is 11.8 Å². The van der Waals surface area contributed by atoms with E-state index < -0.39 is 47.5 Å². The van der Waals surface area contributed by atoms with Crippen molar-refractivity contribution in [1.29, 1.82) is 0 Å². The van der Waals surface area contributed by atoms with E-state index in [1.54, 1.807) is 0 Å². The van der Waals surface area contributed by atoms with E-state index in [1.165, 1.54) is 42.1 Å². The highest BCUT2D eigenvalue weighted by atomic mass is 32.2. The summed E-state index contributed by atoms with van der Waals surface area (Å²) in [7, 11) is 2.05. The summed E-state index contributed by atoms with van der Waals surface area (Å²) in [6.07, 6.45) is -5.25. The number of halogens is 5. The quantitative estimate of drug-likeness (QED) is 0.105. The summed E-state index contributed by atoms with van der Waals surface area (Å²) in [5.41, 5.74) is 3.21. The Balaban J connectivity index is 0.000000567. The minimum Gasteiger partial charge on any atom is -0.479 e. The highest BCUT2D eigenvalue weighted by Crippen LogP contribution is 2.32. The van der Waals surface area contributed by atoms with Gasteiger partial charge in [0.2, 0.25) is 5.91 Å². The summed E-state index contributed by atoms with van der Waals surface area (Å²) < 4.78 is 69.4. The van der Waals surface area contributed by atoms with Gasteiger partial charge in [0.05, 0.1) is 10.6 Å². The molecular formula is C41H42F5N3O8S. The van der Waals surface area contributed by atoms with E-state index in [0.717, 1.165) is 67.4 Å². The van der Waals surface area contributed by atoms with Crippen LogP contribution in [0, 0.1) is 11.6 Å². The maximum atomic E-state index is 14.5. The second kappa shape index (κ2) is 19.1. The van der Waals surface area contributed by atoms with E-state index in [1.807, 2.05) is 33.7 Å². The molecule has 11 nitrogen and oxygen atoms in total. The maximum absolute atomic E-state index is 14.5. The number of carbonyl (C=O) groups excluding carboxylic acids is 1. The van der Waals surface area contributed by atoms with Gasteiger partial charge in [0.25, 0.3) is 0 Å². The highest BCUT2D eigenvalue weighted by molar-refractivity contribution is 7.98. The van der Waals surface area contributed by atoms with Crippen LogP contribution in [0.15, 0.2) is 82.6 Å². The molecule has 2 atom stereocenters. The van der Waals surface area contributed by atoms with Crippen molar-refractivity contribution < 1.29 is 56.8 Å². The molecule has 310 valence electrons. The molecule has 6 rings (SSSR count). The molecule has 58 heavy (non-hydrogen) atoms. The molecule has 4 N–H and O–H groups in total. The lowest BCUT2D eigenvalue weighted by molar-refractivity contribution is -0.165. The van der Waals surface area contributed by atoms with Gasteiger partial charge in [-0.1, -0.05) is 48.5 Å². The first-order valence-corrected chi connectivity index (χ1v) is 19.3. The van der Waals surface area contributed by atoms with Crippen molar-refractivity contribution in [3.05, 3.63) is 123 Å². The largest absolute Gasteiger partial charge is 0.479 e. The van der Waals surface area contributed by atoms with Crippen molar-refractivity contribution in [2.24, 2.45) is 0 Å². The van der Waals surface area contributed by atoms with E-state index in [4.69, 9.17) is 20.4 Å². The number of carboxylic acids is 2. The Morgan fingerprint density at radius 2 is 1.47 bits per heavy atom. The van der Waals surface area contributed by atoms with Crippen molar-refractivity contribution in [2.75, 3.05) is 20.1 Å². The van der Waals surface area contributed by atoms with Crippen LogP contribution in [-0.2, 0) is 52.2 Å². The Kier molecular flexibility index (Phi) is 14.5. The Labute approximate surface area is 334 Å². The summed E-state index contributed by atoms with van der Waals surface area (Å²) >= 11 is 1.21. The first-order chi connectivity index (χ1) is 27.4. The Morgan fingerprint density at radius 3 is 2.03 bits per heavy atom. The molecule has 1 aromatic heterocycles. The molecule has 0 spiro atoms. The fraction of sp³-hybridized carbons (Fsp3) is 0.366. The third-order valence-electron chi connectivity index (χ3n) is 10.1. The van der Waals surface area contributed by atoms with Gasteiger partial charge < -0.3 is 34.8 Å². The van der Waals surface area contributed by atoms with Crippen molar-refractivity contribution in [2.45, 2.75) is 80.4 Å². The third kappa shape index (κ3) is 10.9. The maximum Gasteiger partial charge on any atom is 0.416 e. The number of aliphatic hydroxyl groups is 2. The van der Waals surface area contributed by atoms with Crippen LogP contribution in [0.5, 0.6) is 0 Å². The molecular weight excluding hydrogens is 790 g/mol.